The first-order valence-electron chi connectivity index (χ1n) is 18.6. The van der Waals surface area contributed by atoms with Crippen LogP contribution in [0.1, 0.15) is 80.8 Å². The van der Waals surface area contributed by atoms with E-state index in [2.05, 4.69) is 0 Å². The van der Waals surface area contributed by atoms with Crippen molar-refractivity contribution in [1.82, 2.24) is 28.1 Å². The van der Waals surface area contributed by atoms with Gasteiger partial charge in [0.25, 0.3) is 0 Å². The fraction of sp³-hybridized carbons (Fsp3) is 0.450. The normalized spacial score (nSPS) is 13.7. The molecule has 0 unspecified atom stereocenters. The van der Waals surface area contributed by atoms with Crippen molar-refractivity contribution < 1.29 is 48.0 Å². The lowest BCUT2D eigenvalue weighted by atomic mass is 10.2. The molecule has 1 N–H and O–H groups in total. The molecule has 4 heterocycles. The van der Waals surface area contributed by atoms with E-state index in [1.54, 1.807) is 104 Å². The van der Waals surface area contributed by atoms with Crippen LogP contribution in [0.5, 0.6) is 11.5 Å². The first-order valence-corrected chi connectivity index (χ1v) is 18.6. The summed E-state index contributed by atoms with van der Waals surface area (Å²) in [7, 11) is 3.07. The molecule has 4 aromatic rings. The number of aromatic carboxylic acids is 1. The van der Waals surface area contributed by atoms with Crippen LogP contribution in [0, 0.1) is 0 Å². The van der Waals surface area contributed by atoms with Crippen LogP contribution in [0.4, 0.5) is 9.59 Å². The summed E-state index contributed by atoms with van der Waals surface area (Å²) in [6.45, 7) is 13.5. The summed E-state index contributed by atoms with van der Waals surface area (Å²) in [6.07, 6.45) is -1.03. The van der Waals surface area contributed by atoms with Crippen LogP contribution in [0.3, 0.4) is 0 Å². The predicted octanol–water partition coefficient (Wildman–Crippen LogP) is 4.67. The number of methoxy groups -OCH3 is 2. The fourth-order valence-corrected chi connectivity index (χ4v) is 6.45. The van der Waals surface area contributed by atoms with E-state index >= 15 is 0 Å². The van der Waals surface area contributed by atoms with Crippen LogP contribution in [-0.2, 0) is 40.4 Å². The van der Waals surface area contributed by atoms with Gasteiger partial charge in [-0.15, -0.1) is 0 Å². The third-order valence-corrected chi connectivity index (χ3v) is 8.99. The van der Waals surface area contributed by atoms with E-state index in [0.29, 0.717) is 35.1 Å². The second kappa shape index (κ2) is 17.0. The first-order chi connectivity index (χ1) is 27.3. The molecule has 58 heavy (non-hydrogen) atoms. The van der Waals surface area contributed by atoms with Crippen molar-refractivity contribution in [3.63, 3.8) is 0 Å². The Labute approximate surface area is 334 Å². The molecule has 0 bridgehead atoms. The number of amides is 2. The number of rotatable bonds is 7. The van der Waals surface area contributed by atoms with Crippen molar-refractivity contribution in [2.75, 3.05) is 33.9 Å². The molecule has 312 valence electrons. The lowest BCUT2D eigenvalue weighted by Gasteiger charge is -2.30. The number of carboxylic acids is 1. The van der Waals surface area contributed by atoms with Gasteiger partial charge in [-0.25, -0.2) is 28.8 Å². The molecule has 0 saturated heterocycles. The number of hydrogen-bond acceptors (Lipinski definition) is 11. The molecule has 0 aliphatic carbocycles. The number of carbonyl (C=O) groups is 4. The highest BCUT2D eigenvalue weighted by Crippen LogP contribution is 2.25. The number of nitrogens with zero attached hydrogens (tertiary/aromatic N) is 6. The van der Waals surface area contributed by atoms with Gasteiger partial charge in [0.1, 0.15) is 22.7 Å². The molecule has 0 spiro atoms. The van der Waals surface area contributed by atoms with Crippen LogP contribution >= 0.6 is 0 Å². The van der Waals surface area contributed by atoms with E-state index in [1.807, 2.05) is 0 Å². The number of benzene rings is 2. The topological polar surface area (TPSA) is 195 Å². The van der Waals surface area contributed by atoms with Gasteiger partial charge in [-0.2, -0.15) is 0 Å². The van der Waals surface area contributed by atoms with Crippen molar-refractivity contribution >= 4 is 24.1 Å². The number of aromatic nitrogens is 4. The Balaban J connectivity index is 0.000000221. The van der Waals surface area contributed by atoms with E-state index in [-0.39, 0.29) is 62.1 Å². The Morgan fingerprint density at radius 1 is 0.621 bits per heavy atom. The van der Waals surface area contributed by atoms with E-state index in [9.17, 15) is 33.9 Å². The summed E-state index contributed by atoms with van der Waals surface area (Å²) >= 11 is 0. The van der Waals surface area contributed by atoms with Gasteiger partial charge >= 0.3 is 35.5 Å². The molecule has 0 fully saturated rings. The standard InChI is InChI=1S/C21H27N3O6.C19H23N3O6/c1-6-29-18(25)17-16-13-22(20(27)30-21(2,3)4)11-12-23(16)19(26)24(17)14-7-9-15(28-5)10-8-14;1-19(2,3)28-18(26)20-9-10-21-14(11-20)15(16(23)24)22(17(21)25)12-5-7-13(27-4)8-6-12/h7-10H,6,11-13H2,1-5H3;5-8H,9-11H2,1-4H3,(H,23,24). The quantitative estimate of drug-likeness (QED) is 0.201. The SMILES string of the molecule is CCOC(=O)c1c2n(c(=O)n1-c1ccc(OC)cc1)CCN(C(=O)OC(C)(C)C)C2.COc1ccc(-n2c(C(=O)O)c3n(c2=O)CCN(C(=O)OC(C)(C)C)C3)cc1. The Bertz CT molecular complexity index is 2290. The van der Waals surface area contributed by atoms with Gasteiger partial charge in [-0.05, 0) is 97.0 Å². The Morgan fingerprint density at radius 2 is 1.00 bits per heavy atom. The van der Waals surface area contributed by atoms with Gasteiger partial charge in [-0.1, -0.05) is 0 Å². The average molecular weight is 807 g/mol. The maximum Gasteiger partial charge on any atom is 0.410 e. The van der Waals surface area contributed by atoms with Gasteiger partial charge in [0.05, 0.1) is 56.7 Å². The number of hydrogen-bond donors (Lipinski definition) is 1. The molecule has 2 aliphatic heterocycles. The minimum atomic E-state index is -1.24. The maximum atomic E-state index is 13.2. The molecule has 0 saturated carbocycles. The Morgan fingerprint density at radius 3 is 1.34 bits per heavy atom. The minimum absolute atomic E-state index is 0.0189. The fourth-order valence-electron chi connectivity index (χ4n) is 6.45. The number of esters is 1. The monoisotopic (exact) mass is 806 g/mol. The van der Waals surface area contributed by atoms with Crippen LogP contribution in [0.15, 0.2) is 58.1 Å². The molecular formula is C40H50N6O12. The number of imidazole rings is 2. The molecule has 18 heteroatoms. The molecule has 6 rings (SSSR count). The van der Waals surface area contributed by atoms with Gasteiger partial charge in [0, 0.05) is 26.2 Å². The van der Waals surface area contributed by atoms with E-state index < -0.39 is 41.0 Å². The molecule has 0 atom stereocenters. The Hall–Kier alpha value is -6.46. The highest BCUT2D eigenvalue weighted by Gasteiger charge is 2.35. The molecule has 2 amide bonds. The average Bonchev–Trinajstić information content (AvgIpc) is 3.63. The van der Waals surface area contributed by atoms with Gasteiger partial charge < -0.3 is 38.6 Å². The van der Waals surface area contributed by atoms with Crippen molar-refractivity contribution in [3.05, 3.63) is 92.3 Å². The summed E-state index contributed by atoms with van der Waals surface area (Å²) in [6, 6.07) is 13.3. The summed E-state index contributed by atoms with van der Waals surface area (Å²) in [5, 5.41) is 9.78. The highest BCUT2D eigenvalue weighted by atomic mass is 16.6. The van der Waals surface area contributed by atoms with Crippen molar-refractivity contribution in [2.45, 2.75) is 85.8 Å². The second-order valence-corrected chi connectivity index (χ2v) is 15.4. The lowest BCUT2D eigenvalue weighted by molar-refractivity contribution is 0.0186. The molecule has 0 radical (unpaired) electrons. The zero-order valence-electron chi connectivity index (χ0n) is 34.2. The third kappa shape index (κ3) is 9.22. The van der Waals surface area contributed by atoms with Crippen molar-refractivity contribution in [3.8, 4) is 22.9 Å². The Kier molecular flexibility index (Phi) is 12.5. The van der Waals surface area contributed by atoms with Gasteiger partial charge in [0.2, 0.25) is 0 Å². The van der Waals surface area contributed by atoms with Gasteiger partial charge in [0.15, 0.2) is 11.4 Å². The number of fused-ring (bicyclic) bond motifs is 2. The van der Waals surface area contributed by atoms with Crippen LogP contribution < -0.4 is 20.9 Å². The first kappa shape index (κ1) is 42.7. The van der Waals surface area contributed by atoms with Crippen LogP contribution in [0.25, 0.3) is 11.4 Å². The summed E-state index contributed by atoms with van der Waals surface area (Å²) in [5.41, 5.74) is -0.570. The second-order valence-electron chi connectivity index (χ2n) is 15.4. The summed E-state index contributed by atoms with van der Waals surface area (Å²) in [4.78, 5) is 78.6. The third-order valence-electron chi connectivity index (χ3n) is 8.99. The predicted molar refractivity (Wildman–Crippen MR) is 209 cm³/mol. The van der Waals surface area contributed by atoms with Gasteiger partial charge in [-0.3, -0.25) is 18.3 Å². The van der Waals surface area contributed by atoms with Crippen LogP contribution in [-0.4, -0.2) is 102 Å². The molecule has 2 aliphatic rings. The van der Waals surface area contributed by atoms with Crippen molar-refractivity contribution in [2.24, 2.45) is 0 Å². The number of ether oxygens (including phenoxy) is 5. The summed E-state index contributed by atoms with van der Waals surface area (Å²) < 4.78 is 31.7. The molecule has 2 aromatic carbocycles. The zero-order chi connectivity index (χ0) is 42.7. The minimum Gasteiger partial charge on any atom is -0.497 e. The van der Waals surface area contributed by atoms with E-state index in [1.165, 1.54) is 30.6 Å². The smallest absolute Gasteiger partial charge is 0.410 e. The number of carbonyl (C=O) groups excluding carboxylic acids is 3. The van der Waals surface area contributed by atoms with E-state index in [4.69, 9.17) is 23.7 Å². The maximum absolute atomic E-state index is 13.2. The zero-order valence-corrected chi connectivity index (χ0v) is 34.2. The molecular weight excluding hydrogens is 756 g/mol. The number of carboxylic acid groups (broad SMARTS) is 1. The van der Waals surface area contributed by atoms with Crippen LogP contribution in [0.2, 0.25) is 0 Å². The summed E-state index contributed by atoms with van der Waals surface area (Å²) in [5.74, 6) is -0.642. The van der Waals surface area contributed by atoms with E-state index in [0.717, 1.165) is 4.57 Å². The molecule has 2 aromatic heterocycles. The molecule has 18 nitrogen and oxygen atoms in total. The van der Waals surface area contributed by atoms with Crippen molar-refractivity contribution in [1.29, 1.82) is 0 Å². The largest absolute Gasteiger partial charge is 0.497 e. The lowest BCUT2D eigenvalue weighted by Crippen LogP contribution is -2.43. The highest BCUT2D eigenvalue weighted by molar-refractivity contribution is 5.90.